The molecule has 3 N–H and O–H groups in total. The van der Waals surface area contributed by atoms with Crippen molar-refractivity contribution in [1.82, 2.24) is 5.32 Å². The molecule has 1 aromatic rings. The fourth-order valence-electron chi connectivity index (χ4n) is 2.12. The standard InChI is InChI=1S/C14H17FN2O3S/c15-10-2-1-3-11(13(10)14(16)21)20-8-12(18)17-9-4-6-19-7-5-9/h1-3,9H,4-8H2,(H2,16,21)(H,17,18). The van der Waals surface area contributed by atoms with E-state index < -0.39 is 5.82 Å². The van der Waals surface area contributed by atoms with Crippen LogP contribution in [0.25, 0.3) is 0 Å². The predicted molar refractivity (Wildman–Crippen MR) is 79.8 cm³/mol. The number of amides is 1. The number of nitrogens with two attached hydrogens (primary N) is 1. The van der Waals surface area contributed by atoms with E-state index in [2.05, 4.69) is 5.32 Å². The molecule has 0 radical (unpaired) electrons. The molecule has 1 fully saturated rings. The number of carbonyl (C=O) groups excluding carboxylic acids is 1. The average molecular weight is 312 g/mol. The summed E-state index contributed by atoms with van der Waals surface area (Å²) in [6, 6.07) is 4.34. The first-order valence-corrected chi connectivity index (χ1v) is 7.07. The minimum atomic E-state index is -0.565. The zero-order valence-corrected chi connectivity index (χ0v) is 12.2. The number of thiocarbonyl (C=S) groups is 1. The van der Waals surface area contributed by atoms with Crippen LogP contribution in [0.3, 0.4) is 0 Å². The molecule has 5 nitrogen and oxygen atoms in total. The van der Waals surface area contributed by atoms with Crippen molar-refractivity contribution >= 4 is 23.1 Å². The lowest BCUT2D eigenvalue weighted by Gasteiger charge is -2.23. The zero-order chi connectivity index (χ0) is 15.2. The Morgan fingerprint density at radius 1 is 1.48 bits per heavy atom. The van der Waals surface area contributed by atoms with Crippen LogP contribution in [0.1, 0.15) is 18.4 Å². The van der Waals surface area contributed by atoms with Gasteiger partial charge in [-0.2, -0.15) is 0 Å². The molecule has 7 heteroatoms. The van der Waals surface area contributed by atoms with Crippen molar-refractivity contribution in [3.8, 4) is 5.75 Å². The number of carbonyl (C=O) groups is 1. The summed E-state index contributed by atoms with van der Waals surface area (Å²) in [6.45, 7) is 1.07. The van der Waals surface area contributed by atoms with E-state index in [4.69, 9.17) is 27.4 Å². The maximum atomic E-state index is 13.6. The molecule has 0 saturated carbocycles. The number of halogens is 1. The fraction of sp³-hybridized carbons (Fsp3) is 0.429. The number of benzene rings is 1. The predicted octanol–water partition coefficient (Wildman–Crippen LogP) is 1.13. The molecule has 1 amide bonds. The van der Waals surface area contributed by atoms with Crippen LogP contribution in [0.15, 0.2) is 18.2 Å². The van der Waals surface area contributed by atoms with Gasteiger partial charge in [-0.25, -0.2) is 4.39 Å². The summed E-state index contributed by atoms with van der Waals surface area (Å²) in [5, 5.41) is 2.85. The van der Waals surface area contributed by atoms with Crippen molar-refractivity contribution in [2.45, 2.75) is 18.9 Å². The van der Waals surface area contributed by atoms with Crippen LogP contribution in [0.5, 0.6) is 5.75 Å². The molecule has 114 valence electrons. The molecular weight excluding hydrogens is 295 g/mol. The van der Waals surface area contributed by atoms with Crippen LogP contribution < -0.4 is 15.8 Å². The van der Waals surface area contributed by atoms with Crippen molar-refractivity contribution in [3.63, 3.8) is 0 Å². The molecule has 0 unspecified atom stereocenters. The van der Waals surface area contributed by atoms with Gasteiger partial charge in [0.15, 0.2) is 6.61 Å². The summed E-state index contributed by atoms with van der Waals surface area (Å²) in [4.78, 5) is 11.7. The molecule has 1 saturated heterocycles. The van der Waals surface area contributed by atoms with Crippen molar-refractivity contribution in [2.24, 2.45) is 5.73 Å². The molecule has 0 atom stereocenters. The van der Waals surface area contributed by atoms with Crippen molar-refractivity contribution < 1.29 is 18.7 Å². The Kier molecular flexibility index (Phi) is 5.46. The Morgan fingerprint density at radius 3 is 2.86 bits per heavy atom. The molecule has 0 aliphatic carbocycles. The minimum Gasteiger partial charge on any atom is -0.483 e. The van der Waals surface area contributed by atoms with Gasteiger partial charge >= 0.3 is 0 Å². The third-order valence-electron chi connectivity index (χ3n) is 3.17. The lowest BCUT2D eigenvalue weighted by molar-refractivity contribution is -0.124. The van der Waals surface area contributed by atoms with Crippen LogP contribution in [0, 0.1) is 5.82 Å². The van der Waals surface area contributed by atoms with E-state index in [1.807, 2.05) is 0 Å². The molecule has 1 aliphatic rings. The maximum Gasteiger partial charge on any atom is 0.258 e. The van der Waals surface area contributed by atoms with E-state index in [1.54, 1.807) is 0 Å². The van der Waals surface area contributed by atoms with Gasteiger partial charge in [0, 0.05) is 19.3 Å². The van der Waals surface area contributed by atoms with Crippen molar-refractivity contribution in [2.75, 3.05) is 19.8 Å². The lowest BCUT2D eigenvalue weighted by atomic mass is 10.1. The first-order chi connectivity index (χ1) is 10.1. The average Bonchev–Trinajstić information content (AvgIpc) is 2.45. The third-order valence-corrected chi connectivity index (χ3v) is 3.37. The van der Waals surface area contributed by atoms with E-state index >= 15 is 0 Å². The van der Waals surface area contributed by atoms with E-state index in [9.17, 15) is 9.18 Å². The van der Waals surface area contributed by atoms with Crippen LogP contribution in [-0.4, -0.2) is 36.8 Å². The molecule has 0 bridgehead atoms. The Balaban J connectivity index is 1.92. The van der Waals surface area contributed by atoms with Crippen LogP contribution in [-0.2, 0) is 9.53 Å². The highest BCUT2D eigenvalue weighted by Gasteiger charge is 2.17. The highest BCUT2D eigenvalue weighted by molar-refractivity contribution is 7.80. The minimum absolute atomic E-state index is 0.0198. The summed E-state index contributed by atoms with van der Waals surface area (Å²) in [5.41, 5.74) is 5.49. The van der Waals surface area contributed by atoms with Gasteiger partial charge in [0.2, 0.25) is 0 Å². The molecule has 1 aliphatic heterocycles. The Morgan fingerprint density at radius 2 is 2.19 bits per heavy atom. The normalized spacial score (nSPS) is 15.5. The Hall–Kier alpha value is -1.73. The van der Waals surface area contributed by atoms with E-state index in [-0.39, 0.29) is 34.9 Å². The second kappa shape index (κ2) is 7.33. The first kappa shape index (κ1) is 15.7. The second-order valence-corrected chi connectivity index (χ2v) is 5.16. The second-order valence-electron chi connectivity index (χ2n) is 4.72. The fourth-order valence-corrected chi connectivity index (χ4v) is 2.32. The summed E-state index contributed by atoms with van der Waals surface area (Å²) >= 11 is 4.79. The Labute approximate surface area is 127 Å². The molecular formula is C14H17FN2O3S. The van der Waals surface area contributed by atoms with Gasteiger partial charge in [0.1, 0.15) is 16.6 Å². The van der Waals surface area contributed by atoms with Gasteiger partial charge in [0.25, 0.3) is 5.91 Å². The summed E-state index contributed by atoms with van der Waals surface area (Å²) in [7, 11) is 0. The van der Waals surface area contributed by atoms with E-state index in [0.29, 0.717) is 13.2 Å². The number of hydrogen-bond acceptors (Lipinski definition) is 4. The molecule has 2 rings (SSSR count). The highest BCUT2D eigenvalue weighted by atomic mass is 32.1. The van der Waals surface area contributed by atoms with Crippen molar-refractivity contribution in [3.05, 3.63) is 29.6 Å². The van der Waals surface area contributed by atoms with E-state index in [1.165, 1.54) is 18.2 Å². The molecule has 1 aromatic carbocycles. The van der Waals surface area contributed by atoms with Gasteiger partial charge in [-0.1, -0.05) is 18.3 Å². The number of nitrogens with one attached hydrogen (secondary N) is 1. The number of hydrogen-bond donors (Lipinski definition) is 2. The number of rotatable bonds is 5. The van der Waals surface area contributed by atoms with Gasteiger partial charge < -0.3 is 20.5 Å². The molecule has 21 heavy (non-hydrogen) atoms. The molecule has 0 spiro atoms. The zero-order valence-electron chi connectivity index (χ0n) is 11.4. The van der Waals surface area contributed by atoms with Crippen molar-refractivity contribution in [1.29, 1.82) is 0 Å². The largest absolute Gasteiger partial charge is 0.483 e. The summed E-state index contributed by atoms with van der Waals surface area (Å²) in [5.74, 6) is -0.658. The van der Waals surface area contributed by atoms with Crippen LogP contribution >= 0.6 is 12.2 Å². The van der Waals surface area contributed by atoms with Gasteiger partial charge in [0.05, 0.1) is 5.56 Å². The summed E-state index contributed by atoms with van der Waals surface area (Å²) in [6.07, 6.45) is 1.56. The highest BCUT2D eigenvalue weighted by Crippen LogP contribution is 2.21. The van der Waals surface area contributed by atoms with Crippen LogP contribution in [0.2, 0.25) is 0 Å². The van der Waals surface area contributed by atoms with Gasteiger partial charge in [-0.05, 0) is 25.0 Å². The monoisotopic (exact) mass is 312 g/mol. The third kappa shape index (κ3) is 4.37. The van der Waals surface area contributed by atoms with Crippen LogP contribution in [0.4, 0.5) is 4.39 Å². The van der Waals surface area contributed by atoms with Gasteiger partial charge in [-0.15, -0.1) is 0 Å². The Bertz CT molecular complexity index is 533. The topological polar surface area (TPSA) is 73.6 Å². The maximum absolute atomic E-state index is 13.6. The van der Waals surface area contributed by atoms with Gasteiger partial charge in [-0.3, -0.25) is 4.79 Å². The molecule has 0 aromatic heterocycles. The lowest BCUT2D eigenvalue weighted by Crippen LogP contribution is -2.41. The first-order valence-electron chi connectivity index (χ1n) is 6.66. The summed E-state index contributed by atoms with van der Waals surface area (Å²) < 4.78 is 24.2. The number of ether oxygens (including phenoxy) is 2. The quantitative estimate of drug-likeness (QED) is 0.798. The SMILES string of the molecule is NC(=S)c1c(F)cccc1OCC(=O)NC1CCOCC1. The smallest absolute Gasteiger partial charge is 0.258 e. The molecule has 1 heterocycles. The van der Waals surface area contributed by atoms with E-state index in [0.717, 1.165) is 12.8 Å².